The van der Waals surface area contributed by atoms with Gasteiger partial charge in [0.05, 0.1) is 24.2 Å². The van der Waals surface area contributed by atoms with Crippen LogP contribution in [0.1, 0.15) is 31.8 Å². The Balaban J connectivity index is 1.92. The number of fused-ring (bicyclic) bond motifs is 1. The van der Waals surface area contributed by atoms with Crippen LogP contribution in [-0.4, -0.2) is 44.8 Å². The van der Waals surface area contributed by atoms with Gasteiger partial charge in [0.2, 0.25) is 0 Å². The zero-order chi connectivity index (χ0) is 17.0. The molecule has 0 saturated heterocycles. The molecule has 0 aromatic carbocycles. The number of hydrogen-bond acceptors (Lipinski definition) is 5. The predicted octanol–water partition coefficient (Wildman–Crippen LogP) is 3.21. The molecule has 1 aliphatic rings. The van der Waals surface area contributed by atoms with E-state index in [0.717, 1.165) is 29.1 Å². The minimum atomic E-state index is -2.20. The third kappa shape index (κ3) is 3.07. The summed E-state index contributed by atoms with van der Waals surface area (Å²) in [6.07, 6.45) is 3.07. The lowest BCUT2D eigenvalue weighted by Gasteiger charge is -2.23. The van der Waals surface area contributed by atoms with E-state index in [9.17, 15) is 4.57 Å². The van der Waals surface area contributed by atoms with Crippen LogP contribution < -0.4 is 0 Å². The van der Waals surface area contributed by atoms with Gasteiger partial charge in [-0.15, -0.1) is 0 Å². The third-order valence-corrected chi connectivity index (χ3v) is 5.41. The maximum absolute atomic E-state index is 12.0. The van der Waals surface area contributed by atoms with Crippen molar-refractivity contribution in [2.24, 2.45) is 5.41 Å². The second kappa shape index (κ2) is 5.12. The van der Waals surface area contributed by atoms with Crippen LogP contribution in [0.3, 0.4) is 0 Å². The van der Waals surface area contributed by atoms with E-state index >= 15 is 0 Å². The second-order valence-corrected chi connectivity index (χ2v) is 11.2. The van der Waals surface area contributed by atoms with Gasteiger partial charge in [-0.3, -0.25) is 0 Å². The van der Waals surface area contributed by atoms with E-state index < -0.39 is 7.14 Å². The molecule has 0 N–H and O–H groups in total. The molecule has 1 aliphatic carbocycles. The van der Waals surface area contributed by atoms with Crippen molar-refractivity contribution < 1.29 is 9.30 Å². The molecule has 6 nitrogen and oxygen atoms in total. The molecule has 0 unspecified atom stereocenters. The minimum absolute atomic E-state index is 0.0654. The fraction of sp³-hybridized carbons (Fsp3) is 0.688. The van der Waals surface area contributed by atoms with E-state index in [1.807, 2.05) is 24.7 Å². The topological polar surface area (TPSA) is 69.9 Å². The van der Waals surface area contributed by atoms with Crippen molar-refractivity contribution >= 4 is 18.3 Å². The van der Waals surface area contributed by atoms with Gasteiger partial charge in [0.1, 0.15) is 24.8 Å². The summed E-state index contributed by atoms with van der Waals surface area (Å²) >= 11 is 0. The molecule has 2 heterocycles. The van der Waals surface area contributed by atoms with Crippen LogP contribution in [0.5, 0.6) is 0 Å². The van der Waals surface area contributed by atoms with E-state index in [4.69, 9.17) is 4.74 Å². The number of aryl methyl sites for hydroxylation is 2. The molecule has 0 aliphatic heterocycles. The fourth-order valence-corrected chi connectivity index (χ4v) is 3.68. The largest absolute Gasteiger partial charge is 0.365 e. The number of ether oxygens (including phenoxy) is 1. The van der Waals surface area contributed by atoms with Crippen molar-refractivity contribution in [2.75, 3.05) is 19.7 Å². The normalized spacial score (nSPS) is 23.4. The zero-order valence-electron chi connectivity index (χ0n) is 14.8. The summed E-state index contributed by atoms with van der Waals surface area (Å²) in [7, 11) is -2.20. The first-order valence-electron chi connectivity index (χ1n) is 7.87. The molecule has 0 bridgehead atoms. The van der Waals surface area contributed by atoms with Crippen LogP contribution in [0.25, 0.3) is 11.2 Å². The van der Waals surface area contributed by atoms with Crippen LogP contribution in [0, 0.1) is 19.3 Å². The summed E-state index contributed by atoms with van der Waals surface area (Å²) in [5, 5.41) is 0. The molecule has 2 aromatic rings. The highest BCUT2D eigenvalue weighted by molar-refractivity contribution is 7.62. The number of nitrogens with zero attached hydrogens (tertiary/aromatic N) is 4. The summed E-state index contributed by atoms with van der Waals surface area (Å²) in [4.78, 5) is 13.4. The lowest BCUT2D eigenvalue weighted by atomic mass is 10.1. The molecule has 7 heteroatoms. The number of rotatable bonds is 5. The van der Waals surface area contributed by atoms with Crippen molar-refractivity contribution in [3.05, 3.63) is 17.8 Å². The quantitative estimate of drug-likeness (QED) is 0.784. The van der Waals surface area contributed by atoms with Gasteiger partial charge in [0.15, 0.2) is 5.65 Å². The van der Waals surface area contributed by atoms with Gasteiger partial charge < -0.3 is 13.9 Å². The number of imidazole rings is 1. The van der Waals surface area contributed by atoms with Crippen LogP contribution in [0.4, 0.5) is 0 Å². The average Bonchev–Trinajstić information content (AvgIpc) is 2.73. The van der Waals surface area contributed by atoms with Crippen LogP contribution in [0.15, 0.2) is 6.33 Å². The van der Waals surface area contributed by atoms with Crippen molar-refractivity contribution in [3.8, 4) is 0 Å². The van der Waals surface area contributed by atoms with Gasteiger partial charge in [0, 0.05) is 0 Å². The van der Waals surface area contributed by atoms with Crippen LogP contribution in [0.2, 0.25) is 0 Å². The highest BCUT2D eigenvalue weighted by Crippen LogP contribution is 2.60. The summed E-state index contributed by atoms with van der Waals surface area (Å²) in [5.41, 5.74) is 2.34. The van der Waals surface area contributed by atoms with E-state index in [-0.39, 0.29) is 11.0 Å². The van der Waals surface area contributed by atoms with Gasteiger partial charge in [-0.05, 0) is 39.0 Å². The lowest BCUT2D eigenvalue weighted by molar-refractivity contribution is 0.0213. The molecule has 3 rings (SSSR count). The maximum atomic E-state index is 12.0. The molecule has 0 radical (unpaired) electrons. The Morgan fingerprint density at radius 1 is 1.30 bits per heavy atom. The number of hydrogen-bond donors (Lipinski definition) is 0. The Kier molecular flexibility index (Phi) is 3.69. The van der Waals surface area contributed by atoms with E-state index in [1.54, 1.807) is 13.3 Å². The molecule has 0 spiro atoms. The van der Waals surface area contributed by atoms with Crippen LogP contribution >= 0.6 is 7.14 Å². The van der Waals surface area contributed by atoms with Gasteiger partial charge in [0.25, 0.3) is 0 Å². The molecule has 1 fully saturated rings. The van der Waals surface area contributed by atoms with Crippen molar-refractivity contribution in [2.45, 2.75) is 46.3 Å². The van der Waals surface area contributed by atoms with Gasteiger partial charge in [-0.25, -0.2) is 15.0 Å². The van der Waals surface area contributed by atoms with Crippen molar-refractivity contribution in [1.29, 1.82) is 0 Å². The third-order valence-electron chi connectivity index (χ3n) is 4.66. The predicted molar refractivity (Wildman–Crippen MR) is 91.3 cm³/mol. The Morgan fingerprint density at radius 2 is 1.96 bits per heavy atom. The minimum Gasteiger partial charge on any atom is -0.365 e. The summed E-state index contributed by atoms with van der Waals surface area (Å²) in [6, 6.07) is 0. The Labute approximate surface area is 137 Å². The SMILES string of the molecule is Cc1nc(C)c2ncn(C[C@]3(OCP(C)(C)=O)CC3(C)C)c2n1. The smallest absolute Gasteiger partial charge is 0.163 e. The van der Waals surface area contributed by atoms with Crippen LogP contribution in [-0.2, 0) is 15.8 Å². The Bertz CT molecular complexity index is 808. The van der Waals surface area contributed by atoms with Crippen molar-refractivity contribution in [1.82, 2.24) is 19.5 Å². The Hall–Kier alpha value is -1.26. The van der Waals surface area contributed by atoms with E-state index in [2.05, 4.69) is 28.8 Å². The molecule has 23 heavy (non-hydrogen) atoms. The summed E-state index contributed by atoms with van der Waals surface area (Å²) < 4.78 is 20.2. The van der Waals surface area contributed by atoms with E-state index in [1.165, 1.54) is 0 Å². The molecule has 1 saturated carbocycles. The second-order valence-electron chi connectivity index (χ2n) is 7.80. The highest BCUT2D eigenvalue weighted by Gasteiger charge is 2.63. The van der Waals surface area contributed by atoms with Crippen molar-refractivity contribution in [3.63, 3.8) is 0 Å². The fourth-order valence-electron chi connectivity index (χ4n) is 3.12. The molecule has 2 aromatic heterocycles. The molecule has 1 atom stereocenters. The summed E-state index contributed by atoms with van der Waals surface area (Å²) in [5.74, 6) is 0.744. The molecular weight excluding hydrogens is 311 g/mol. The summed E-state index contributed by atoms with van der Waals surface area (Å²) in [6.45, 7) is 12.4. The van der Waals surface area contributed by atoms with Gasteiger partial charge in [-0.1, -0.05) is 13.8 Å². The highest BCUT2D eigenvalue weighted by atomic mass is 31.2. The average molecular weight is 336 g/mol. The monoisotopic (exact) mass is 336 g/mol. The first kappa shape index (κ1) is 16.6. The number of aromatic nitrogens is 4. The first-order valence-corrected chi connectivity index (χ1v) is 10.7. The molecular formula is C16H25N4O2P. The van der Waals surface area contributed by atoms with Gasteiger partial charge in [-0.2, -0.15) is 0 Å². The lowest BCUT2D eigenvalue weighted by Crippen LogP contribution is -2.28. The molecule has 126 valence electrons. The zero-order valence-corrected chi connectivity index (χ0v) is 15.6. The first-order chi connectivity index (χ1) is 10.5. The standard InChI is InChI=1S/C16H25N4O2P/c1-11-13-14(19-12(2)18-11)20(9-17-13)8-16(7-15(16,3)4)22-10-23(5,6)21/h9H,7-8,10H2,1-6H3/t16-/m1/s1. The molecule has 0 amide bonds. The Morgan fingerprint density at radius 3 is 2.52 bits per heavy atom. The maximum Gasteiger partial charge on any atom is 0.163 e. The van der Waals surface area contributed by atoms with Gasteiger partial charge >= 0.3 is 0 Å². The van der Waals surface area contributed by atoms with E-state index in [0.29, 0.717) is 12.9 Å².